The molecule has 8 nitrogen and oxygen atoms in total. The lowest BCUT2D eigenvalue weighted by molar-refractivity contribution is -0.147. The van der Waals surface area contributed by atoms with Crippen molar-refractivity contribution in [3.63, 3.8) is 0 Å². The lowest BCUT2D eigenvalue weighted by atomic mass is 10.1. The molecule has 0 radical (unpaired) electrons. The van der Waals surface area contributed by atoms with Crippen molar-refractivity contribution in [1.29, 1.82) is 0 Å². The van der Waals surface area contributed by atoms with Crippen molar-refractivity contribution in [1.82, 2.24) is 20.3 Å². The van der Waals surface area contributed by atoms with Crippen LogP contribution in [0, 0.1) is 0 Å². The summed E-state index contributed by atoms with van der Waals surface area (Å²) >= 11 is 4.61. The maximum atomic E-state index is 12.7. The number of H-pyrrole nitrogens is 1. The van der Waals surface area contributed by atoms with E-state index < -0.39 is 20.3 Å². The summed E-state index contributed by atoms with van der Waals surface area (Å²) in [5.74, 6) is 0.00289. The van der Waals surface area contributed by atoms with Crippen molar-refractivity contribution >= 4 is 55.5 Å². The second-order valence-corrected chi connectivity index (χ2v) is 14.4. The van der Waals surface area contributed by atoms with E-state index in [0.717, 1.165) is 9.93 Å². The first-order chi connectivity index (χ1) is 11.8. The molecule has 0 aliphatic carbocycles. The fourth-order valence-corrected chi connectivity index (χ4v) is 6.51. The fourth-order valence-electron chi connectivity index (χ4n) is 2.34. The highest BCUT2D eigenvalue weighted by atomic mass is 32.2. The Hall–Kier alpha value is -0.953. The minimum atomic E-state index is -2.07. The highest BCUT2D eigenvalue weighted by Gasteiger charge is 2.52. The molecule has 2 aliphatic heterocycles. The molecule has 3 rings (SSSR count). The summed E-state index contributed by atoms with van der Waals surface area (Å²) in [7, 11) is -2.07. The molecule has 0 saturated carbocycles. The molecule has 3 heterocycles. The van der Waals surface area contributed by atoms with Gasteiger partial charge in [-0.3, -0.25) is 9.69 Å². The Morgan fingerprint density at radius 3 is 2.92 bits per heavy atom. The number of hydrogen-bond acceptors (Lipinski definition) is 9. The first-order valence-electron chi connectivity index (χ1n) is 7.56. The molecule has 0 bridgehead atoms. The van der Waals surface area contributed by atoms with Crippen LogP contribution in [-0.2, 0) is 14.0 Å². The number of thioether (sulfide) groups is 3. The zero-order chi connectivity index (χ0) is 18.2. The summed E-state index contributed by atoms with van der Waals surface area (Å²) < 4.78 is 5.65. The van der Waals surface area contributed by atoms with Crippen LogP contribution in [0.3, 0.4) is 0 Å². The van der Waals surface area contributed by atoms with Gasteiger partial charge in [-0.2, -0.15) is 10.3 Å². The Balaban J connectivity index is 1.78. The van der Waals surface area contributed by atoms with E-state index in [2.05, 4.69) is 15.4 Å². The number of aromatic amines is 1. The molecule has 3 N–H and O–H groups in total. The van der Waals surface area contributed by atoms with Crippen LogP contribution < -0.4 is 5.73 Å². The first-order valence-corrected chi connectivity index (χ1v) is 14.0. The van der Waals surface area contributed by atoms with E-state index in [1.807, 2.05) is 19.6 Å². The third-order valence-electron chi connectivity index (χ3n) is 3.40. The largest absolute Gasteiger partial charge is 0.515 e. The maximum absolute atomic E-state index is 12.7. The van der Waals surface area contributed by atoms with Gasteiger partial charge in [0.15, 0.2) is 0 Å². The maximum Gasteiger partial charge on any atom is 0.342 e. The van der Waals surface area contributed by atoms with Crippen LogP contribution in [0.5, 0.6) is 0 Å². The second-order valence-electron chi connectivity index (χ2n) is 6.42. The third kappa shape index (κ3) is 4.08. The molecule has 1 fully saturated rings. The van der Waals surface area contributed by atoms with Crippen LogP contribution in [0.1, 0.15) is 0 Å². The normalized spacial score (nSPS) is 23.4. The van der Waals surface area contributed by atoms with Crippen LogP contribution in [0.4, 0.5) is 0 Å². The summed E-state index contributed by atoms with van der Waals surface area (Å²) in [5, 5.41) is 11.6. The summed E-state index contributed by atoms with van der Waals surface area (Å²) in [4.78, 5) is 27.3. The summed E-state index contributed by atoms with van der Waals surface area (Å²) in [5.41, 5.74) is 6.23. The number of carbonyl (C=O) groups excluding carboxylic acids is 2. The van der Waals surface area contributed by atoms with Crippen molar-refractivity contribution < 1.29 is 14.0 Å². The van der Waals surface area contributed by atoms with Gasteiger partial charge in [0.1, 0.15) is 22.1 Å². The molecule has 2 aliphatic rings. The Bertz CT molecular complexity index is 706. The van der Waals surface area contributed by atoms with Crippen molar-refractivity contribution in [3.8, 4) is 0 Å². The van der Waals surface area contributed by atoms with Crippen LogP contribution in [-0.4, -0.2) is 62.8 Å². The SMILES string of the molecule is C[Si](C)(C)OC(=O)C1=C(SCSc2cn[nH]n2)CS[C@H]2C(N)C(=O)N12. The minimum Gasteiger partial charge on any atom is -0.515 e. The predicted octanol–water partition coefficient (Wildman–Crippen LogP) is 1.42. The van der Waals surface area contributed by atoms with Crippen LogP contribution in [0.2, 0.25) is 19.6 Å². The van der Waals surface area contributed by atoms with E-state index in [4.69, 9.17) is 10.2 Å². The van der Waals surface area contributed by atoms with Crippen molar-refractivity contribution in [2.24, 2.45) is 5.73 Å². The first kappa shape index (κ1) is 18.8. The molecule has 1 aromatic heterocycles. The molecule has 2 atom stereocenters. The quantitative estimate of drug-likeness (QED) is 0.307. The Morgan fingerprint density at radius 1 is 1.52 bits per heavy atom. The monoisotopic (exact) mass is 417 g/mol. The number of nitrogens with one attached hydrogen (secondary N) is 1. The van der Waals surface area contributed by atoms with Crippen LogP contribution in [0.25, 0.3) is 0 Å². The number of rotatable bonds is 6. The van der Waals surface area contributed by atoms with Gasteiger partial charge in [0.05, 0.1) is 11.3 Å². The van der Waals surface area contributed by atoms with Gasteiger partial charge in [0.25, 0.3) is 0 Å². The van der Waals surface area contributed by atoms with Gasteiger partial charge in [-0.1, -0.05) is 11.8 Å². The minimum absolute atomic E-state index is 0.177. The van der Waals surface area contributed by atoms with E-state index in [0.29, 0.717) is 16.5 Å². The van der Waals surface area contributed by atoms with Gasteiger partial charge in [-0.15, -0.1) is 28.6 Å². The van der Waals surface area contributed by atoms with E-state index in [1.165, 1.54) is 28.4 Å². The zero-order valence-electron chi connectivity index (χ0n) is 14.0. The van der Waals surface area contributed by atoms with Gasteiger partial charge in [0, 0.05) is 10.7 Å². The van der Waals surface area contributed by atoms with Crippen LogP contribution in [0.15, 0.2) is 21.8 Å². The number of aromatic nitrogens is 3. The molecule has 0 spiro atoms. The molecule has 1 saturated heterocycles. The van der Waals surface area contributed by atoms with Crippen molar-refractivity contribution in [3.05, 3.63) is 16.8 Å². The molecular weight excluding hydrogens is 398 g/mol. The van der Waals surface area contributed by atoms with Gasteiger partial charge < -0.3 is 10.2 Å². The summed E-state index contributed by atoms with van der Waals surface area (Å²) in [6, 6.07) is -0.546. The Morgan fingerprint density at radius 2 is 2.28 bits per heavy atom. The molecule has 0 aromatic carbocycles. The van der Waals surface area contributed by atoms with Crippen molar-refractivity contribution in [2.45, 2.75) is 36.1 Å². The second kappa shape index (κ2) is 7.35. The molecular formula is C13H19N5O3S3Si. The molecule has 12 heteroatoms. The Labute approximate surface area is 159 Å². The average molecular weight is 418 g/mol. The lowest BCUT2D eigenvalue weighted by Gasteiger charge is -2.48. The Kier molecular flexibility index (Phi) is 5.53. The standard InChI is InChI=1S/C13H19N5O3S3Si/c1-25(2,3)21-13(20)10-7(23-6-24-8-4-15-17-16-8)5-22-12-9(14)11(19)18(10)12/h4,9,12H,5-6,14H2,1-3H3,(H,15,16,17)/t9?,12-/m0/s1. The van der Waals surface area contributed by atoms with Crippen molar-refractivity contribution in [2.75, 3.05) is 10.8 Å². The number of β-lactam (4-membered cyclic amide) rings is 1. The molecule has 1 unspecified atom stereocenters. The number of hydrogen-bond donors (Lipinski definition) is 2. The summed E-state index contributed by atoms with van der Waals surface area (Å²) in [6.07, 6.45) is 1.64. The summed E-state index contributed by atoms with van der Waals surface area (Å²) in [6.45, 7) is 5.83. The molecule has 1 amide bonds. The fraction of sp³-hybridized carbons (Fsp3) is 0.538. The van der Waals surface area contributed by atoms with Gasteiger partial charge >= 0.3 is 5.97 Å². The smallest absolute Gasteiger partial charge is 0.342 e. The van der Waals surface area contributed by atoms with Gasteiger partial charge in [0.2, 0.25) is 14.2 Å². The number of amides is 1. The number of nitrogens with zero attached hydrogens (tertiary/aromatic N) is 3. The lowest BCUT2D eigenvalue weighted by Crippen LogP contribution is -2.68. The van der Waals surface area contributed by atoms with E-state index >= 15 is 0 Å². The number of carbonyl (C=O) groups is 2. The highest BCUT2D eigenvalue weighted by Crippen LogP contribution is 2.44. The third-order valence-corrected chi connectivity index (χ3v) is 7.80. The molecule has 1 aromatic rings. The number of fused-ring (bicyclic) bond motifs is 1. The highest BCUT2D eigenvalue weighted by molar-refractivity contribution is 8.18. The van der Waals surface area contributed by atoms with Crippen LogP contribution >= 0.6 is 35.3 Å². The molecule has 136 valence electrons. The predicted molar refractivity (Wildman–Crippen MR) is 102 cm³/mol. The molecule has 25 heavy (non-hydrogen) atoms. The average Bonchev–Trinajstić information content (AvgIpc) is 3.05. The zero-order valence-corrected chi connectivity index (χ0v) is 17.5. The van der Waals surface area contributed by atoms with E-state index in [1.54, 1.807) is 18.0 Å². The topological polar surface area (TPSA) is 114 Å². The number of nitrogens with two attached hydrogens (primary N) is 1. The van der Waals surface area contributed by atoms with Gasteiger partial charge in [-0.25, -0.2) is 4.79 Å². The van der Waals surface area contributed by atoms with E-state index in [-0.39, 0.29) is 11.3 Å². The van der Waals surface area contributed by atoms with Gasteiger partial charge in [-0.05, 0) is 19.6 Å². The van der Waals surface area contributed by atoms with E-state index in [9.17, 15) is 9.59 Å².